The van der Waals surface area contributed by atoms with E-state index in [1.165, 1.54) is 32.3 Å². The van der Waals surface area contributed by atoms with Gasteiger partial charge in [-0.05, 0) is 137 Å². The van der Waals surface area contributed by atoms with Crippen LogP contribution in [0.4, 0.5) is 51.2 Å². The van der Waals surface area contributed by atoms with Gasteiger partial charge < -0.3 is 47.6 Å². The van der Waals surface area contributed by atoms with Crippen LogP contribution in [0.15, 0.2) is 408 Å². The smallest absolute Gasteiger partial charge is 0.513 e. The maximum Gasteiger partial charge on any atom is 2.00 e. The number of anilines is 9. The summed E-state index contributed by atoms with van der Waals surface area (Å²) in [6, 6.07) is 136. The van der Waals surface area contributed by atoms with Gasteiger partial charge in [0.05, 0.1) is 110 Å². The van der Waals surface area contributed by atoms with Gasteiger partial charge in [-0.25, -0.2) is 0 Å². The molecule has 0 saturated heterocycles. The van der Waals surface area contributed by atoms with E-state index >= 15 is 0 Å². The molecule has 133 heavy (non-hydrogen) atoms. The van der Waals surface area contributed by atoms with Gasteiger partial charge >= 0.3 is 63.2 Å². The number of nitrogens with zero attached hydrogens (tertiary/aromatic N) is 17. The molecule has 0 bridgehead atoms. The van der Waals surface area contributed by atoms with Crippen molar-refractivity contribution < 1.29 is 77.4 Å². The minimum atomic E-state index is 0. The second-order valence-corrected chi connectivity index (χ2v) is 31.3. The summed E-state index contributed by atoms with van der Waals surface area (Å²) in [5, 5.41) is 30.4. The Kier molecular flexibility index (Phi) is 21.5. The quantitative estimate of drug-likeness (QED) is 0.107. The van der Waals surface area contributed by atoms with E-state index in [2.05, 4.69) is 238 Å². The molecule has 0 N–H and O–H groups in total. The van der Waals surface area contributed by atoms with Gasteiger partial charge in [-0.2, -0.15) is 43.7 Å². The number of ether oxygens (including phenoxy) is 3. The number of fused-ring (bicyclic) bond motifs is 15. The van der Waals surface area contributed by atoms with Crippen LogP contribution in [0.25, 0.3) is 122 Å². The Bertz CT molecular complexity index is 8310. The predicted molar refractivity (Wildman–Crippen MR) is 508 cm³/mol. The van der Waals surface area contributed by atoms with Crippen LogP contribution < -0.4 is 28.9 Å². The van der Waals surface area contributed by atoms with Crippen molar-refractivity contribution in [3.63, 3.8) is 0 Å². The monoisotopic (exact) mass is 2260 g/mol. The summed E-state index contributed by atoms with van der Waals surface area (Å²) in [6.07, 6.45) is 21.0. The molecule has 0 amide bonds. The third kappa shape index (κ3) is 14.6. The Labute approximate surface area is 805 Å². The van der Waals surface area contributed by atoms with Crippen molar-refractivity contribution in [2.45, 2.75) is 0 Å². The van der Waals surface area contributed by atoms with Crippen molar-refractivity contribution >= 4 is 117 Å². The van der Waals surface area contributed by atoms with Gasteiger partial charge in [-0.3, -0.25) is 23.4 Å². The van der Waals surface area contributed by atoms with Crippen LogP contribution in [-0.2, 0) is 63.2 Å². The Morgan fingerprint density at radius 2 is 0.519 bits per heavy atom. The topological polar surface area (TPSA) is 154 Å². The maximum atomic E-state index is 6.34. The molecule has 0 spiro atoms. The van der Waals surface area contributed by atoms with Gasteiger partial charge in [0.15, 0.2) is 0 Å². The van der Waals surface area contributed by atoms with Crippen LogP contribution in [0.1, 0.15) is 0 Å². The second kappa shape index (κ2) is 34.7. The van der Waals surface area contributed by atoms with E-state index in [9.17, 15) is 0 Å². The van der Waals surface area contributed by atoms with Crippen molar-refractivity contribution in [3.05, 3.63) is 444 Å². The molecule has 9 aromatic heterocycles. The number of aromatic nitrogens is 14. The molecule has 12 heterocycles. The van der Waals surface area contributed by atoms with E-state index in [0.29, 0.717) is 11.5 Å². The number of para-hydroxylation sites is 12. The van der Waals surface area contributed by atoms with E-state index in [0.717, 1.165) is 164 Å². The summed E-state index contributed by atoms with van der Waals surface area (Å²) in [7, 11) is 0. The van der Waals surface area contributed by atoms with Gasteiger partial charge in [-0.1, -0.05) is 175 Å². The normalized spacial score (nSPS) is 12.0. The van der Waals surface area contributed by atoms with Gasteiger partial charge in [0.1, 0.15) is 17.2 Å². The maximum absolute atomic E-state index is 6.34. The molecule has 0 aliphatic carbocycles. The first-order chi connectivity index (χ1) is 64.4. The van der Waals surface area contributed by atoms with Crippen molar-refractivity contribution in [1.82, 2.24) is 67.6 Å². The van der Waals surface area contributed by atoms with Gasteiger partial charge in [0.2, 0.25) is 0 Å². The first kappa shape index (κ1) is 82.4. The average Bonchev–Trinajstić information content (AvgIpc) is 1.74. The summed E-state index contributed by atoms with van der Waals surface area (Å²) in [6.45, 7) is 0. The molecular formula is C110H67N17O3Pt3. The van der Waals surface area contributed by atoms with Crippen LogP contribution >= 0.6 is 0 Å². The van der Waals surface area contributed by atoms with E-state index in [1.807, 2.05) is 245 Å². The molecule has 15 aromatic carbocycles. The minimum absolute atomic E-state index is 0. The molecule has 0 unspecified atom stereocenters. The zero-order valence-corrected chi connectivity index (χ0v) is 76.8. The van der Waals surface area contributed by atoms with Crippen molar-refractivity contribution in [3.8, 4) is 91.3 Å². The molecule has 0 fully saturated rings. The Morgan fingerprint density at radius 3 is 0.865 bits per heavy atom. The molecule has 24 aromatic rings. The Balaban J connectivity index is 0.000000115. The van der Waals surface area contributed by atoms with E-state index < -0.39 is 0 Å². The number of hydrogen-bond acceptors (Lipinski definition) is 12. The van der Waals surface area contributed by atoms with Crippen molar-refractivity contribution in [2.24, 2.45) is 0 Å². The Morgan fingerprint density at radius 1 is 0.218 bits per heavy atom. The second-order valence-electron chi connectivity index (χ2n) is 31.3. The number of benzene rings is 15. The Hall–Kier alpha value is -16.2. The molecule has 3 aliphatic heterocycles. The zero-order valence-electron chi connectivity index (χ0n) is 70.0. The fourth-order valence-electron chi connectivity index (χ4n) is 18.0. The molecule has 0 atom stereocenters. The molecule has 23 heteroatoms. The van der Waals surface area contributed by atoms with Crippen LogP contribution in [0.5, 0.6) is 34.5 Å². The first-order valence-electron chi connectivity index (χ1n) is 42.4. The summed E-state index contributed by atoms with van der Waals surface area (Å²) in [5.41, 5.74) is 23.2. The van der Waals surface area contributed by atoms with Gasteiger partial charge in [0, 0.05) is 80.5 Å². The van der Waals surface area contributed by atoms with Crippen molar-refractivity contribution in [2.75, 3.05) is 14.7 Å². The molecule has 27 rings (SSSR count). The van der Waals surface area contributed by atoms with E-state index in [1.54, 1.807) is 28.0 Å². The summed E-state index contributed by atoms with van der Waals surface area (Å²) < 4.78 is 35.0. The standard InChI is InChI=1S/C38H23N5O.2C36H22N6O.3Pt/c1-3-15-33-30(12-1)31-13-2-4-16-34(31)43(33)29-24-40-41(25-29)27-10-9-11-28(23-27)42-35-17-5-6-18-37(35)44-38-20-19-26(22-36(38)42)32-14-7-8-21-39-32;1-3-13-31-29(11-1)30-12-2-4-14-32(30)42(31)28-23-38-40(24-28)25-9-7-10-27(21-25)41-33-15-5-6-16-35(33)43-36-18-17-26(22-34(36)41)39-20-8-19-37-39;1-3-13-31-29(11-1)30-12-2-4-14-32(30)42(31)28-23-38-40(24-28)26-17-18-36-34(22-26)41(33-15-5-6-16-35(33)43-36)27-10-7-9-25(21-27)39-20-8-19-37-39;;;/h1-21,24-25H;2*1-20,23-24H;;;/q3*-2;3*+2. The fourth-order valence-corrected chi connectivity index (χ4v) is 18.0. The van der Waals surface area contributed by atoms with Crippen LogP contribution in [0.3, 0.4) is 0 Å². The molecule has 3 aliphatic rings. The van der Waals surface area contributed by atoms with Gasteiger partial charge in [0.25, 0.3) is 0 Å². The number of pyridine rings is 1. The zero-order chi connectivity index (χ0) is 85.7. The largest absolute Gasteiger partial charge is 2.00 e. The summed E-state index contributed by atoms with van der Waals surface area (Å²) in [5.74, 6) is 4.43. The summed E-state index contributed by atoms with van der Waals surface area (Å²) in [4.78, 5) is 10.9. The molecule has 640 valence electrons. The molecule has 20 nitrogen and oxygen atoms in total. The minimum Gasteiger partial charge on any atom is -0.513 e. The van der Waals surface area contributed by atoms with Crippen LogP contribution in [-0.4, -0.2) is 67.6 Å². The van der Waals surface area contributed by atoms with Crippen LogP contribution in [0, 0.1) is 36.4 Å². The molecule has 0 radical (unpaired) electrons. The first-order valence-corrected chi connectivity index (χ1v) is 42.4. The van der Waals surface area contributed by atoms with Crippen molar-refractivity contribution in [1.29, 1.82) is 0 Å². The fraction of sp³-hybridized carbons (Fsp3) is 0. The average molecular weight is 2260 g/mol. The predicted octanol–water partition coefficient (Wildman–Crippen LogP) is 25.9. The van der Waals surface area contributed by atoms with E-state index in [4.69, 9.17) is 29.5 Å². The SMILES string of the molecule is [Pt+2].[Pt+2].[Pt+2].[c-]1c(N2c3[c-]c(-c4ccccn4)ccc3Oc3ccccc32)cccc1-n1cc(-n2c3ccccc3c3ccccc32)cn1.[c-]1c(N2c3[c-]c(-n4cc(-n5c6ccccc6c6ccccc65)cn4)ccc3Oc3ccccc32)cccc1-n1cccn1.[c-]1c(N2c3[c-]c(-n4cccn4)ccc3Oc3ccccc32)cccc1-n1cc(-n2c3ccccc3c3ccccc32)cn1. The van der Waals surface area contributed by atoms with Crippen LogP contribution in [0.2, 0.25) is 0 Å². The van der Waals surface area contributed by atoms with Gasteiger partial charge in [-0.15, -0.1) is 115 Å². The number of rotatable bonds is 12. The third-order valence-electron chi connectivity index (χ3n) is 23.7. The number of hydrogen-bond donors (Lipinski definition) is 0. The summed E-state index contributed by atoms with van der Waals surface area (Å²) >= 11 is 0. The van der Waals surface area contributed by atoms with E-state index in [-0.39, 0.29) is 63.2 Å². The third-order valence-corrected chi connectivity index (χ3v) is 23.7. The molecule has 0 saturated carbocycles. The molecular weight excluding hydrogens is 2190 g/mol.